The van der Waals surface area contributed by atoms with Gasteiger partial charge in [0.15, 0.2) is 11.5 Å². The minimum Gasteiger partial charge on any atom is -0.490 e. The number of nitrogens with zero attached hydrogens (tertiary/aromatic N) is 2. The van der Waals surface area contributed by atoms with Gasteiger partial charge in [0, 0.05) is 24.5 Å². The predicted molar refractivity (Wildman–Crippen MR) is 75.7 cm³/mol. The fourth-order valence-electron chi connectivity index (χ4n) is 2.01. The van der Waals surface area contributed by atoms with E-state index in [2.05, 4.69) is 16.5 Å². The van der Waals surface area contributed by atoms with Gasteiger partial charge in [-0.1, -0.05) is 0 Å². The number of hydrogen-bond donors (Lipinski definition) is 0. The molecule has 0 aliphatic rings. The van der Waals surface area contributed by atoms with Crippen molar-refractivity contribution in [1.82, 2.24) is 9.55 Å². The lowest BCUT2D eigenvalue weighted by molar-refractivity contribution is 0.288. The highest BCUT2D eigenvalue weighted by molar-refractivity contribution is 5.61. The minimum absolute atomic E-state index is 0.617. The zero-order valence-electron chi connectivity index (χ0n) is 11.7. The number of imidazole rings is 1. The molecule has 1 aromatic heterocycles. The lowest BCUT2D eigenvalue weighted by atomic mass is 10.2. The van der Waals surface area contributed by atoms with Crippen LogP contribution in [0.5, 0.6) is 11.5 Å². The Morgan fingerprint density at radius 2 is 1.79 bits per heavy atom. The summed E-state index contributed by atoms with van der Waals surface area (Å²) < 4.78 is 13.3. The molecule has 0 fully saturated rings. The summed E-state index contributed by atoms with van der Waals surface area (Å²) in [6.07, 6.45) is 3.79. The third-order valence-electron chi connectivity index (χ3n) is 2.86. The van der Waals surface area contributed by atoms with E-state index in [-0.39, 0.29) is 0 Å². The Hall–Kier alpha value is -1.97. The van der Waals surface area contributed by atoms with E-state index in [1.807, 2.05) is 44.4 Å². The van der Waals surface area contributed by atoms with E-state index in [1.54, 1.807) is 0 Å². The summed E-state index contributed by atoms with van der Waals surface area (Å²) in [6.45, 7) is 8.17. The van der Waals surface area contributed by atoms with Gasteiger partial charge >= 0.3 is 0 Å². The lowest BCUT2D eigenvalue weighted by Gasteiger charge is -2.12. The number of hydrogen-bond acceptors (Lipinski definition) is 3. The van der Waals surface area contributed by atoms with Crippen LogP contribution in [0.2, 0.25) is 0 Å². The monoisotopic (exact) mass is 260 g/mol. The van der Waals surface area contributed by atoms with Crippen LogP contribution in [0.3, 0.4) is 0 Å². The molecule has 0 aliphatic heterocycles. The van der Waals surface area contributed by atoms with Crippen molar-refractivity contribution in [2.45, 2.75) is 27.3 Å². The van der Waals surface area contributed by atoms with Crippen LogP contribution >= 0.6 is 0 Å². The van der Waals surface area contributed by atoms with Gasteiger partial charge in [-0.3, -0.25) is 0 Å². The Labute approximate surface area is 114 Å². The number of rotatable bonds is 6. The molecule has 0 aliphatic carbocycles. The second-order valence-electron chi connectivity index (χ2n) is 4.06. The van der Waals surface area contributed by atoms with E-state index in [4.69, 9.17) is 9.47 Å². The maximum Gasteiger partial charge on any atom is 0.161 e. The Morgan fingerprint density at radius 3 is 2.47 bits per heavy atom. The van der Waals surface area contributed by atoms with Crippen molar-refractivity contribution in [2.75, 3.05) is 13.2 Å². The summed E-state index contributed by atoms with van der Waals surface area (Å²) in [5, 5.41) is 0. The van der Waals surface area contributed by atoms with E-state index in [1.165, 1.54) is 0 Å². The summed E-state index contributed by atoms with van der Waals surface area (Å²) in [7, 11) is 0. The second kappa shape index (κ2) is 6.27. The fraction of sp³-hybridized carbons (Fsp3) is 0.400. The summed E-state index contributed by atoms with van der Waals surface area (Å²) >= 11 is 0. The van der Waals surface area contributed by atoms with Gasteiger partial charge in [-0.2, -0.15) is 0 Å². The van der Waals surface area contributed by atoms with Gasteiger partial charge in [0.2, 0.25) is 0 Å². The van der Waals surface area contributed by atoms with Crippen molar-refractivity contribution in [2.24, 2.45) is 0 Å². The minimum atomic E-state index is 0.617. The molecule has 0 saturated carbocycles. The van der Waals surface area contributed by atoms with Gasteiger partial charge in [0.05, 0.1) is 13.2 Å². The molecule has 0 N–H and O–H groups in total. The standard InChI is InChI=1S/C15H20N2O2/c1-4-17-10-9-16-15(17)12-7-8-13(18-5-2)14(11-12)19-6-3/h7-11H,4-6H2,1-3H3. The maximum atomic E-state index is 5.64. The van der Waals surface area contributed by atoms with Gasteiger partial charge in [0.25, 0.3) is 0 Å². The first-order valence-corrected chi connectivity index (χ1v) is 6.71. The highest BCUT2D eigenvalue weighted by atomic mass is 16.5. The molecule has 2 rings (SSSR count). The molecule has 0 bridgehead atoms. The highest BCUT2D eigenvalue weighted by Gasteiger charge is 2.10. The van der Waals surface area contributed by atoms with Gasteiger partial charge < -0.3 is 14.0 Å². The van der Waals surface area contributed by atoms with Crippen LogP contribution in [0, 0.1) is 0 Å². The molecule has 2 aromatic rings. The van der Waals surface area contributed by atoms with Crippen LogP contribution in [-0.2, 0) is 6.54 Å². The topological polar surface area (TPSA) is 36.3 Å². The first kappa shape index (κ1) is 13.5. The van der Waals surface area contributed by atoms with Crippen LogP contribution < -0.4 is 9.47 Å². The molecule has 0 radical (unpaired) electrons. The average molecular weight is 260 g/mol. The van der Waals surface area contributed by atoms with Crippen molar-refractivity contribution in [1.29, 1.82) is 0 Å². The average Bonchev–Trinajstić information content (AvgIpc) is 2.89. The molecule has 1 heterocycles. The van der Waals surface area contributed by atoms with E-state index in [0.717, 1.165) is 29.4 Å². The SMILES string of the molecule is CCOc1ccc(-c2nccn2CC)cc1OCC. The smallest absolute Gasteiger partial charge is 0.161 e. The Bertz CT molecular complexity index is 535. The third kappa shape index (κ3) is 2.89. The number of aromatic nitrogens is 2. The number of aryl methyl sites for hydroxylation is 1. The van der Waals surface area contributed by atoms with Crippen molar-refractivity contribution in [3.05, 3.63) is 30.6 Å². The van der Waals surface area contributed by atoms with E-state index in [0.29, 0.717) is 13.2 Å². The lowest BCUT2D eigenvalue weighted by Crippen LogP contribution is -2.00. The second-order valence-corrected chi connectivity index (χ2v) is 4.06. The normalized spacial score (nSPS) is 10.5. The number of benzene rings is 1. The first-order chi connectivity index (χ1) is 9.30. The molecular formula is C15H20N2O2. The highest BCUT2D eigenvalue weighted by Crippen LogP contribution is 2.32. The zero-order chi connectivity index (χ0) is 13.7. The summed E-state index contributed by atoms with van der Waals surface area (Å²) in [5.74, 6) is 2.50. The molecule has 0 atom stereocenters. The molecule has 0 amide bonds. The summed E-state index contributed by atoms with van der Waals surface area (Å²) in [4.78, 5) is 4.40. The molecule has 0 unspecified atom stereocenters. The van der Waals surface area contributed by atoms with Crippen LogP contribution in [0.25, 0.3) is 11.4 Å². The number of ether oxygens (including phenoxy) is 2. The Morgan fingerprint density at radius 1 is 1.05 bits per heavy atom. The van der Waals surface area contributed by atoms with E-state index < -0.39 is 0 Å². The molecule has 102 valence electrons. The fourth-order valence-corrected chi connectivity index (χ4v) is 2.01. The van der Waals surface area contributed by atoms with Gasteiger partial charge in [-0.05, 0) is 39.0 Å². The molecule has 19 heavy (non-hydrogen) atoms. The molecule has 4 nitrogen and oxygen atoms in total. The van der Waals surface area contributed by atoms with E-state index in [9.17, 15) is 0 Å². The van der Waals surface area contributed by atoms with Crippen LogP contribution in [0.1, 0.15) is 20.8 Å². The maximum absolute atomic E-state index is 5.64. The molecule has 0 spiro atoms. The largest absolute Gasteiger partial charge is 0.490 e. The van der Waals surface area contributed by atoms with Crippen LogP contribution in [0.15, 0.2) is 30.6 Å². The Kier molecular flexibility index (Phi) is 4.44. The van der Waals surface area contributed by atoms with Gasteiger partial charge in [-0.15, -0.1) is 0 Å². The predicted octanol–water partition coefficient (Wildman–Crippen LogP) is 3.37. The first-order valence-electron chi connectivity index (χ1n) is 6.71. The van der Waals surface area contributed by atoms with Gasteiger partial charge in [-0.25, -0.2) is 4.98 Å². The quantitative estimate of drug-likeness (QED) is 0.799. The van der Waals surface area contributed by atoms with Crippen molar-refractivity contribution in [3.8, 4) is 22.9 Å². The zero-order valence-corrected chi connectivity index (χ0v) is 11.7. The molecule has 1 aromatic carbocycles. The van der Waals surface area contributed by atoms with Crippen molar-refractivity contribution in [3.63, 3.8) is 0 Å². The van der Waals surface area contributed by atoms with Gasteiger partial charge in [0.1, 0.15) is 5.82 Å². The molecule has 0 saturated heterocycles. The van der Waals surface area contributed by atoms with Crippen molar-refractivity contribution >= 4 is 0 Å². The summed E-state index contributed by atoms with van der Waals surface area (Å²) in [6, 6.07) is 5.95. The van der Waals surface area contributed by atoms with Crippen LogP contribution in [-0.4, -0.2) is 22.8 Å². The van der Waals surface area contributed by atoms with E-state index >= 15 is 0 Å². The third-order valence-corrected chi connectivity index (χ3v) is 2.86. The molecular weight excluding hydrogens is 240 g/mol. The van der Waals surface area contributed by atoms with Crippen molar-refractivity contribution < 1.29 is 9.47 Å². The van der Waals surface area contributed by atoms with Crippen LogP contribution in [0.4, 0.5) is 0 Å². The summed E-state index contributed by atoms with van der Waals surface area (Å²) in [5.41, 5.74) is 1.04. The Balaban J connectivity index is 2.39. The molecule has 4 heteroatoms.